The maximum absolute atomic E-state index is 11.2. The molecule has 0 aliphatic rings. The first-order valence-electron chi connectivity index (χ1n) is 4.67. The molecule has 0 bridgehead atoms. The van der Waals surface area contributed by atoms with Crippen molar-refractivity contribution in [1.82, 2.24) is 20.2 Å². The highest BCUT2D eigenvalue weighted by atomic mass is 16.5. The van der Waals surface area contributed by atoms with Gasteiger partial charge in [-0.2, -0.15) is 0 Å². The first-order valence-corrected chi connectivity index (χ1v) is 4.67. The van der Waals surface area contributed by atoms with Crippen LogP contribution in [0.4, 0.5) is 0 Å². The van der Waals surface area contributed by atoms with Gasteiger partial charge in [0.25, 0.3) is 0 Å². The van der Waals surface area contributed by atoms with E-state index in [-0.39, 0.29) is 0 Å². The quantitative estimate of drug-likeness (QED) is 0.471. The highest BCUT2D eigenvalue weighted by molar-refractivity contribution is 6.38. The van der Waals surface area contributed by atoms with E-state index in [0.717, 1.165) is 0 Å². The summed E-state index contributed by atoms with van der Waals surface area (Å²) < 4.78 is 5.99. The number of rotatable bonds is 5. The van der Waals surface area contributed by atoms with E-state index in [4.69, 9.17) is 4.74 Å². The Morgan fingerprint density at radius 1 is 1.31 bits per heavy atom. The number of aromatic nitrogens is 3. The molecule has 8 heteroatoms. The lowest BCUT2D eigenvalue weighted by Gasteiger charge is -2.05. The van der Waals surface area contributed by atoms with Crippen molar-refractivity contribution < 1.29 is 14.3 Å². The van der Waals surface area contributed by atoms with E-state index in [1.54, 1.807) is 7.11 Å². The number of hydrogen-bond acceptors (Lipinski definition) is 5. The maximum Gasteiger partial charge on any atom is 0.328 e. The minimum absolute atomic E-state index is 0.391. The van der Waals surface area contributed by atoms with Gasteiger partial charge in [-0.15, -0.1) is 10.2 Å². The molecule has 0 aliphatic heterocycles. The van der Waals surface area contributed by atoms with Gasteiger partial charge in [-0.25, -0.2) is 4.68 Å². The smallest absolute Gasteiger partial charge is 0.328 e. The molecule has 2 N–H and O–H groups in total. The average molecular weight is 227 g/mol. The van der Waals surface area contributed by atoms with Crippen LogP contribution in [-0.2, 0) is 14.3 Å². The maximum atomic E-state index is 11.2. The highest BCUT2D eigenvalue weighted by Crippen LogP contribution is 1.80. The largest absolute Gasteiger partial charge is 0.385 e. The minimum Gasteiger partial charge on any atom is -0.385 e. The number of amides is 2. The normalized spacial score (nSPS) is 9.81. The van der Waals surface area contributed by atoms with Crippen molar-refractivity contribution in [3.63, 3.8) is 0 Å². The molecule has 0 aliphatic carbocycles. The first kappa shape index (κ1) is 12.1. The molecule has 88 valence electrons. The number of methoxy groups -OCH3 is 1. The number of ether oxygens (including phenoxy) is 1. The fourth-order valence-corrected chi connectivity index (χ4v) is 0.925. The summed E-state index contributed by atoms with van der Waals surface area (Å²) in [5, 5.41) is 9.39. The Labute approximate surface area is 92.0 Å². The second kappa shape index (κ2) is 6.51. The van der Waals surface area contributed by atoms with Gasteiger partial charge in [0.1, 0.15) is 12.7 Å². The van der Waals surface area contributed by atoms with Crippen LogP contribution in [-0.4, -0.2) is 46.9 Å². The molecular formula is C8H13N5O3. The fraction of sp³-hybridized carbons (Fsp3) is 0.500. The summed E-state index contributed by atoms with van der Waals surface area (Å²) in [7, 11) is 1.57. The lowest BCUT2D eigenvalue weighted by molar-refractivity contribution is -0.136. The highest BCUT2D eigenvalue weighted by Gasteiger charge is 2.12. The van der Waals surface area contributed by atoms with Crippen LogP contribution < -0.4 is 10.7 Å². The summed E-state index contributed by atoms with van der Waals surface area (Å²) >= 11 is 0. The molecule has 1 heterocycles. The van der Waals surface area contributed by atoms with Gasteiger partial charge < -0.3 is 10.1 Å². The van der Waals surface area contributed by atoms with E-state index in [9.17, 15) is 9.59 Å². The molecule has 0 saturated heterocycles. The van der Waals surface area contributed by atoms with Crippen molar-refractivity contribution in [3.8, 4) is 0 Å². The zero-order valence-electron chi connectivity index (χ0n) is 8.84. The summed E-state index contributed by atoms with van der Waals surface area (Å²) in [5.74, 6) is -1.47. The summed E-state index contributed by atoms with van der Waals surface area (Å²) in [6.07, 6.45) is 3.20. The van der Waals surface area contributed by atoms with Gasteiger partial charge in [0.05, 0.1) is 0 Å². The number of carbonyl (C=O) groups is 2. The zero-order chi connectivity index (χ0) is 11.8. The molecular weight excluding hydrogens is 214 g/mol. The molecule has 8 nitrogen and oxygen atoms in total. The third-order valence-electron chi connectivity index (χ3n) is 1.67. The molecule has 0 atom stereocenters. The van der Waals surface area contributed by atoms with Gasteiger partial charge in [0.2, 0.25) is 0 Å². The van der Waals surface area contributed by atoms with E-state index >= 15 is 0 Å². The Morgan fingerprint density at radius 3 is 2.62 bits per heavy atom. The second-order valence-electron chi connectivity index (χ2n) is 2.91. The minimum atomic E-state index is -0.766. The van der Waals surface area contributed by atoms with Crippen LogP contribution in [0, 0.1) is 0 Å². The Kier molecular flexibility index (Phi) is 4.93. The van der Waals surface area contributed by atoms with Gasteiger partial charge in [0, 0.05) is 20.3 Å². The summed E-state index contributed by atoms with van der Waals surface area (Å²) in [4.78, 5) is 22.5. The Morgan fingerprint density at radius 2 is 2.00 bits per heavy atom. The van der Waals surface area contributed by atoms with Crippen LogP contribution in [0.5, 0.6) is 0 Å². The Balaban J connectivity index is 2.23. The van der Waals surface area contributed by atoms with Gasteiger partial charge in [-0.1, -0.05) is 0 Å². The lowest BCUT2D eigenvalue weighted by Crippen LogP contribution is -2.39. The lowest BCUT2D eigenvalue weighted by atomic mass is 10.4. The van der Waals surface area contributed by atoms with Crippen molar-refractivity contribution in [1.29, 1.82) is 0 Å². The third kappa shape index (κ3) is 4.05. The van der Waals surface area contributed by atoms with Crippen molar-refractivity contribution in [2.75, 3.05) is 25.7 Å². The van der Waals surface area contributed by atoms with Crippen molar-refractivity contribution in [2.24, 2.45) is 0 Å². The van der Waals surface area contributed by atoms with E-state index in [2.05, 4.69) is 20.9 Å². The third-order valence-corrected chi connectivity index (χ3v) is 1.67. The molecule has 0 spiro atoms. The monoisotopic (exact) mass is 227 g/mol. The predicted octanol–water partition coefficient (Wildman–Crippen LogP) is -1.50. The topological polar surface area (TPSA) is 98.1 Å². The van der Waals surface area contributed by atoms with E-state index in [1.165, 1.54) is 17.3 Å². The number of nitrogens with zero attached hydrogens (tertiary/aromatic N) is 3. The standard InChI is InChI=1S/C8H13N5O3/c1-16-4-2-3-9-7(14)8(15)12-13-5-10-11-6-13/h5-6H,2-4H2,1H3,(H,9,14)(H,12,15). The summed E-state index contributed by atoms with van der Waals surface area (Å²) in [6.45, 7) is 0.926. The van der Waals surface area contributed by atoms with Crippen LogP contribution in [0.1, 0.15) is 6.42 Å². The Bertz CT molecular complexity index is 337. The average Bonchev–Trinajstić information content (AvgIpc) is 2.76. The molecule has 1 aromatic heterocycles. The molecule has 0 radical (unpaired) electrons. The van der Waals surface area contributed by atoms with Crippen molar-refractivity contribution >= 4 is 11.8 Å². The first-order chi connectivity index (χ1) is 7.74. The van der Waals surface area contributed by atoms with Crippen LogP contribution >= 0.6 is 0 Å². The van der Waals surface area contributed by atoms with Crippen molar-refractivity contribution in [3.05, 3.63) is 12.7 Å². The Hall–Kier alpha value is -1.96. The van der Waals surface area contributed by atoms with Gasteiger partial charge >= 0.3 is 11.8 Å². The number of hydrogen-bond donors (Lipinski definition) is 2. The van der Waals surface area contributed by atoms with Crippen LogP contribution in [0.25, 0.3) is 0 Å². The molecule has 1 aromatic rings. The van der Waals surface area contributed by atoms with E-state index in [1.807, 2.05) is 0 Å². The van der Waals surface area contributed by atoms with E-state index < -0.39 is 11.8 Å². The van der Waals surface area contributed by atoms with Gasteiger partial charge in [-0.05, 0) is 6.42 Å². The van der Waals surface area contributed by atoms with Crippen LogP contribution in [0.2, 0.25) is 0 Å². The molecule has 0 saturated carbocycles. The molecule has 0 fully saturated rings. The summed E-state index contributed by atoms with van der Waals surface area (Å²) in [5.41, 5.74) is 2.27. The zero-order valence-corrected chi connectivity index (χ0v) is 8.84. The van der Waals surface area contributed by atoms with Gasteiger partial charge in [-0.3, -0.25) is 15.0 Å². The van der Waals surface area contributed by atoms with Crippen LogP contribution in [0.15, 0.2) is 12.7 Å². The summed E-state index contributed by atoms with van der Waals surface area (Å²) in [6, 6.07) is 0. The molecule has 0 aromatic carbocycles. The number of nitrogens with one attached hydrogen (secondary N) is 2. The number of carbonyl (C=O) groups excluding carboxylic acids is 2. The molecule has 16 heavy (non-hydrogen) atoms. The predicted molar refractivity (Wildman–Crippen MR) is 53.9 cm³/mol. The van der Waals surface area contributed by atoms with E-state index in [0.29, 0.717) is 19.6 Å². The van der Waals surface area contributed by atoms with Crippen LogP contribution in [0.3, 0.4) is 0 Å². The SMILES string of the molecule is COCCCNC(=O)C(=O)Nn1cnnc1. The molecule has 2 amide bonds. The fourth-order valence-electron chi connectivity index (χ4n) is 0.925. The molecule has 0 unspecified atom stereocenters. The van der Waals surface area contributed by atoms with Crippen molar-refractivity contribution in [2.45, 2.75) is 6.42 Å². The van der Waals surface area contributed by atoms with Gasteiger partial charge in [0.15, 0.2) is 0 Å². The second-order valence-corrected chi connectivity index (χ2v) is 2.91. The molecule has 1 rings (SSSR count).